The van der Waals surface area contributed by atoms with E-state index in [1.54, 1.807) is 8.20 Å². The van der Waals surface area contributed by atoms with Gasteiger partial charge in [-0.05, 0) is 19.0 Å². The van der Waals surface area contributed by atoms with Gasteiger partial charge in [0.25, 0.3) is 0 Å². The maximum atomic E-state index is 8.55. The summed E-state index contributed by atoms with van der Waals surface area (Å²) in [6.45, 7) is 0. The second-order valence-electron chi connectivity index (χ2n) is 2.13. The summed E-state index contributed by atoms with van der Waals surface area (Å²) in [7, 11) is -9.21. The van der Waals surface area contributed by atoms with Crippen LogP contribution in [0.25, 0.3) is 0 Å². The number of rotatable bonds is 0. The van der Waals surface area contributed by atoms with E-state index >= 15 is 0 Å². The van der Waals surface area contributed by atoms with E-state index in [1.807, 2.05) is 0 Å². The van der Waals surface area contributed by atoms with Gasteiger partial charge in [-0.3, -0.25) is 0 Å². The van der Waals surface area contributed by atoms with Gasteiger partial charge < -0.3 is 38.5 Å². The fourth-order valence-electron chi connectivity index (χ4n) is 0.456. The van der Waals surface area contributed by atoms with Crippen molar-refractivity contribution in [3.63, 3.8) is 0 Å². The zero-order chi connectivity index (χ0) is 12.5. The van der Waals surface area contributed by atoms with E-state index in [4.69, 9.17) is 38.5 Å². The Morgan fingerprint density at radius 2 is 1.11 bits per heavy atom. The summed E-state index contributed by atoms with van der Waals surface area (Å²) in [4.78, 5) is 51.3. The van der Waals surface area contributed by atoms with Gasteiger partial charge in [0.2, 0.25) is 0 Å². The predicted molar refractivity (Wildman–Crippen MR) is 42.3 cm³/mol. The van der Waals surface area contributed by atoms with Crippen LogP contribution in [0.2, 0.25) is 0 Å². The fourth-order valence-corrected chi connectivity index (χ4v) is 1.37. The van der Waals surface area contributed by atoms with Crippen molar-refractivity contribution in [1.82, 2.24) is 0 Å². The predicted octanol–water partition coefficient (Wildman–Crippen LogP) is -4.13. The van der Waals surface area contributed by atoms with Crippen molar-refractivity contribution in [2.45, 2.75) is 12.8 Å². The van der Waals surface area contributed by atoms with Crippen LogP contribution in [0.4, 0.5) is 0 Å². The van der Waals surface area contributed by atoms with Crippen molar-refractivity contribution in [2.24, 2.45) is 0 Å². The molecule has 0 bridgehead atoms. The first kappa shape index (κ1) is 32.3. The molecule has 0 aromatic heterocycles. The molecule has 0 N–H and O–H groups in total. The quantitative estimate of drug-likeness (QED) is 0.253. The Kier molecular flexibility index (Phi) is 31.0. The average molecular weight is 472 g/mol. The van der Waals surface area contributed by atoms with Crippen molar-refractivity contribution >= 4 is 29.6 Å². The normalized spacial score (nSPS) is 13.2. The van der Waals surface area contributed by atoms with E-state index in [2.05, 4.69) is 5.80 Å². The molecule has 0 atom stereocenters. The summed E-state index contributed by atoms with van der Waals surface area (Å²) in [6, 6.07) is 0. The van der Waals surface area contributed by atoms with E-state index < -0.39 is 15.6 Å². The molecule has 1 rings (SSSR count). The SMILES string of the molecule is C1=PCCC1.O=P([O-])([O-])[O-].O=P([O-])([O-])[O-].[Zn+2].[Zn+2].[Zn+2]. The van der Waals surface area contributed by atoms with Crippen molar-refractivity contribution < 1.29 is 96.9 Å². The van der Waals surface area contributed by atoms with Crippen LogP contribution in [-0.2, 0) is 67.6 Å². The third-order valence-electron chi connectivity index (χ3n) is 0.750. The van der Waals surface area contributed by atoms with Gasteiger partial charge in [0.15, 0.2) is 0 Å². The fraction of sp³-hybridized carbons (Fsp3) is 0.750. The molecule has 0 aromatic carbocycles. The van der Waals surface area contributed by atoms with Crippen molar-refractivity contribution in [3.8, 4) is 0 Å². The summed E-state index contributed by atoms with van der Waals surface area (Å²) in [5.41, 5.74) is 0. The van der Waals surface area contributed by atoms with E-state index in [1.165, 1.54) is 19.0 Å². The van der Waals surface area contributed by atoms with Crippen molar-refractivity contribution in [3.05, 3.63) is 0 Å². The molecule has 0 aliphatic carbocycles. The van der Waals surface area contributed by atoms with Crippen LogP contribution < -0.4 is 29.4 Å². The summed E-state index contributed by atoms with van der Waals surface area (Å²) < 4.78 is 17.1. The average Bonchev–Trinajstić information content (AvgIpc) is 2.28. The molecular formula is C4H7O8P3Zn3. The zero-order valence-corrected chi connectivity index (χ0v) is 21.0. The molecule has 18 heavy (non-hydrogen) atoms. The summed E-state index contributed by atoms with van der Waals surface area (Å²) in [6.07, 6.45) is 4.21. The molecule has 0 fully saturated rings. The van der Waals surface area contributed by atoms with Gasteiger partial charge in [-0.2, -0.15) is 15.6 Å². The van der Waals surface area contributed by atoms with Gasteiger partial charge in [0.1, 0.15) is 0 Å². The molecule has 8 nitrogen and oxygen atoms in total. The number of phosphoric acid groups is 2. The molecule has 92 valence electrons. The summed E-state index contributed by atoms with van der Waals surface area (Å²) in [5, 5.41) is 0. The van der Waals surface area contributed by atoms with Crippen LogP contribution in [0.3, 0.4) is 0 Å². The first-order chi connectivity index (χ1) is 6.50. The van der Waals surface area contributed by atoms with E-state index in [9.17, 15) is 0 Å². The molecule has 0 spiro atoms. The van der Waals surface area contributed by atoms with Gasteiger partial charge in [-0.25, -0.2) is 0 Å². The Morgan fingerprint density at radius 1 is 0.833 bits per heavy atom. The second-order valence-corrected chi connectivity index (χ2v) is 5.09. The largest absolute Gasteiger partial charge is 2.00 e. The second kappa shape index (κ2) is 17.3. The Balaban J connectivity index is -0.0000000433. The maximum absolute atomic E-state index is 8.55. The zero-order valence-electron chi connectivity index (χ0n) is 9.43. The molecule has 0 saturated heterocycles. The Bertz CT molecular complexity index is 232. The van der Waals surface area contributed by atoms with Gasteiger partial charge in [-0.1, -0.05) is 5.80 Å². The molecule has 1 aliphatic heterocycles. The molecule has 0 aromatic rings. The smallest absolute Gasteiger partial charge is 0.822 e. The molecule has 0 unspecified atom stereocenters. The van der Waals surface area contributed by atoms with Crippen molar-refractivity contribution in [2.75, 3.05) is 6.16 Å². The van der Waals surface area contributed by atoms with Gasteiger partial charge in [-0.15, -0.1) is 8.20 Å². The van der Waals surface area contributed by atoms with Crippen LogP contribution >= 0.6 is 23.8 Å². The first-order valence-corrected chi connectivity index (χ1v) is 7.51. The molecule has 0 radical (unpaired) electrons. The minimum absolute atomic E-state index is 0. The van der Waals surface area contributed by atoms with Crippen LogP contribution in [0, 0.1) is 0 Å². The summed E-state index contributed by atoms with van der Waals surface area (Å²) in [5.74, 6) is 2.33. The number of hydrogen-bond acceptors (Lipinski definition) is 8. The monoisotopic (exact) mass is 468 g/mol. The van der Waals surface area contributed by atoms with Crippen LogP contribution in [0.5, 0.6) is 0 Å². The van der Waals surface area contributed by atoms with E-state index in [0.29, 0.717) is 0 Å². The van der Waals surface area contributed by atoms with E-state index in [0.717, 1.165) is 0 Å². The van der Waals surface area contributed by atoms with Crippen molar-refractivity contribution in [1.29, 1.82) is 0 Å². The maximum Gasteiger partial charge on any atom is 2.00 e. The molecule has 1 aliphatic rings. The van der Waals surface area contributed by atoms with E-state index in [-0.39, 0.29) is 58.4 Å². The standard InChI is InChI=1S/C4H7P.2H3O4P.3Zn/c1-2-4-5-3-1;2*1-5(2,3)4;;;/h3H,1-2,4H2;2*(H3,1,2,3,4);;;/q;;;3*+2/p-6. The van der Waals surface area contributed by atoms with Crippen LogP contribution in [0.1, 0.15) is 12.8 Å². The topological polar surface area (TPSA) is 172 Å². The first-order valence-electron chi connectivity index (χ1n) is 3.44. The minimum atomic E-state index is -5.39. The molecule has 0 amide bonds. The summed E-state index contributed by atoms with van der Waals surface area (Å²) >= 11 is 0. The van der Waals surface area contributed by atoms with Gasteiger partial charge >= 0.3 is 58.4 Å². The Hall–Kier alpha value is 2.26. The molecule has 1 heterocycles. The Morgan fingerprint density at radius 3 is 1.17 bits per heavy atom. The third-order valence-corrected chi connectivity index (χ3v) is 1.84. The number of hydrogen-bond donors (Lipinski definition) is 0. The molecular weight excluding hydrogens is 465 g/mol. The van der Waals surface area contributed by atoms with Crippen LogP contribution in [0.15, 0.2) is 0 Å². The third kappa shape index (κ3) is 103. The molecule has 14 heteroatoms. The van der Waals surface area contributed by atoms with Gasteiger partial charge in [0.05, 0.1) is 0 Å². The minimum Gasteiger partial charge on any atom is -0.822 e. The van der Waals surface area contributed by atoms with Gasteiger partial charge in [0, 0.05) is 0 Å². The van der Waals surface area contributed by atoms with Crippen LogP contribution in [-0.4, -0.2) is 12.0 Å². The Labute approximate surface area is 145 Å². The molecule has 0 saturated carbocycles.